The molecule has 0 saturated carbocycles. The van der Waals surface area contributed by atoms with Gasteiger partial charge in [0.1, 0.15) is 30.0 Å². The minimum atomic E-state index is -2.78. The number of hydrogen-bond donors (Lipinski definition) is 3. The van der Waals surface area contributed by atoms with Gasteiger partial charge in [-0.05, 0) is 96.8 Å². The molecular formula is C44H52BrFN11O4P. The highest BCUT2D eigenvalue weighted by molar-refractivity contribution is 9.10. The number of rotatable bonds is 13. The van der Waals surface area contributed by atoms with Crippen LogP contribution in [0, 0.1) is 5.82 Å². The number of piperidine rings is 2. The number of imide groups is 1. The molecule has 15 nitrogen and oxygen atoms in total. The van der Waals surface area contributed by atoms with E-state index in [0.29, 0.717) is 56.5 Å². The maximum absolute atomic E-state index is 15.0. The van der Waals surface area contributed by atoms with Gasteiger partial charge in [-0.25, -0.2) is 9.37 Å². The van der Waals surface area contributed by atoms with Gasteiger partial charge in [0.2, 0.25) is 17.8 Å². The number of aryl methyl sites for hydroxylation is 1. The number of carbonyl (C=O) groups is 2. The van der Waals surface area contributed by atoms with Crippen molar-refractivity contribution in [2.75, 3.05) is 81.8 Å². The monoisotopic (exact) mass is 927 g/mol. The largest absolute Gasteiger partial charge is 0.494 e. The van der Waals surface area contributed by atoms with Crippen molar-refractivity contribution in [3.63, 3.8) is 0 Å². The van der Waals surface area contributed by atoms with Gasteiger partial charge in [-0.1, -0.05) is 6.92 Å². The Labute approximate surface area is 369 Å². The van der Waals surface area contributed by atoms with E-state index in [-0.39, 0.29) is 24.4 Å². The van der Waals surface area contributed by atoms with Crippen molar-refractivity contribution in [1.29, 1.82) is 0 Å². The fourth-order valence-electron chi connectivity index (χ4n) is 8.84. The third-order valence-electron chi connectivity index (χ3n) is 12.1. The first-order chi connectivity index (χ1) is 29.9. The molecule has 5 aromatic rings. The zero-order valence-corrected chi connectivity index (χ0v) is 37.9. The molecule has 326 valence electrons. The van der Waals surface area contributed by atoms with Crippen molar-refractivity contribution in [2.45, 2.75) is 57.4 Å². The van der Waals surface area contributed by atoms with Gasteiger partial charge in [0.15, 0.2) is 0 Å². The number of carbonyl (C=O) groups excluding carboxylic acids is 2. The fraction of sp³-hybridized carbons (Fsp3) is 0.432. The highest BCUT2D eigenvalue weighted by atomic mass is 79.9. The van der Waals surface area contributed by atoms with E-state index >= 15 is 4.39 Å². The number of methoxy groups -OCH3 is 1. The molecule has 0 aliphatic carbocycles. The molecule has 18 heteroatoms. The highest BCUT2D eigenvalue weighted by Crippen LogP contribution is 2.42. The van der Waals surface area contributed by atoms with E-state index in [4.69, 9.17) is 9.72 Å². The van der Waals surface area contributed by atoms with E-state index in [0.717, 1.165) is 76.3 Å². The van der Waals surface area contributed by atoms with Gasteiger partial charge in [-0.2, -0.15) is 4.98 Å². The Morgan fingerprint density at radius 3 is 2.42 bits per heavy atom. The summed E-state index contributed by atoms with van der Waals surface area (Å²) in [4.78, 5) is 53.8. The second-order valence-electron chi connectivity index (χ2n) is 16.5. The van der Waals surface area contributed by atoms with Crippen LogP contribution in [-0.4, -0.2) is 119 Å². The van der Waals surface area contributed by atoms with Gasteiger partial charge in [0, 0.05) is 94.8 Å². The topological polar surface area (TPSA) is 171 Å². The van der Waals surface area contributed by atoms with E-state index in [1.54, 1.807) is 45.2 Å². The number of nitrogens with zero attached hydrogens (tertiary/aromatic N) is 8. The number of fused-ring (bicyclic) bond motifs is 1. The zero-order valence-electron chi connectivity index (χ0n) is 35.5. The molecule has 3 aliphatic heterocycles. The third-order valence-corrected chi connectivity index (χ3v) is 14.2. The molecular weight excluding hydrogens is 876 g/mol. The number of halogens is 2. The summed E-state index contributed by atoms with van der Waals surface area (Å²) in [6.07, 6.45) is 10.7. The van der Waals surface area contributed by atoms with Gasteiger partial charge >= 0.3 is 0 Å². The quantitative estimate of drug-likeness (QED) is 0.0879. The van der Waals surface area contributed by atoms with Crippen LogP contribution >= 0.6 is 23.1 Å². The Bertz CT molecular complexity index is 2530. The van der Waals surface area contributed by atoms with Gasteiger partial charge < -0.3 is 29.7 Å². The highest BCUT2D eigenvalue weighted by Gasteiger charge is 2.32. The van der Waals surface area contributed by atoms with Crippen LogP contribution in [0.5, 0.6) is 5.75 Å². The molecule has 8 rings (SSSR count). The number of piperazine rings is 1. The van der Waals surface area contributed by atoms with Crippen LogP contribution in [0.2, 0.25) is 0 Å². The summed E-state index contributed by atoms with van der Waals surface area (Å²) < 4.78 is 35.1. The van der Waals surface area contributed by atoms with Gasteiger partial charge in [0.25, 0.3) is 0 Å². The van der Waals surface area contributed by atoms with Crippen molar-refractivity contribution < 1.29 is 23.3 Å². The lowest BCUT2D eigenvalue weighted by atomic mass is 9.93. The van der Waals surface area contributed by atoms with Crippen molar-refractivity contribution in [1.82, 2.24) is 40.0 Å². The van der Waals surface area contributed by atoms with Crippen molar-refractivity contribution in [2.24, 2.45) is 0 Å². The van der Waals surface area contributed by atoms with Crippen molar-refractivity contribution in [3.05, 3.63) is 82.2 Å². The molecule has 3 saturated heterocycles. The average molecular weight is 929 g/mol. The Kier molecular flexibility index (Phi) is 13.1. The molecule has 1 unspecified atom stereocenters. The molecule has 6 heterocycles. The third kappa shape index (κ3) is 9.60. The van der Waals surface area contributed by atoms with Gasteiger partial charge in [-0.3, -0.25) is 34.8 Å². The lowest BCUT2D eigenvalue weighted by Gasteiger charge is -2.43. The Morgan fingerprint density at radius 2 is 1.71 bits per heavy atom. The second-order valence-corrected chi connectivity index (χ2v) is 20.5. The summed E-state index contributed by atoms with van der Waals surface area (Å²) in [7, 11) is -1.11. The molecule has 0 radical (unpaired) electrons. The summed E-state index contributed by atoms with van der Waals surface area (Å²) >= 11 is 3.59. The van der Waals surface area contributed by atoms with Crippen molar-refractivity contribution >= 4 is 80.1 Å². The van der Waals surface area contributed by atoms with E-state index in [1.165, 1.54) is 17.3 Å². The van der Waals surface area contributed by atoms with Crippen LogP contribution in [0.15, 0.2) is 59.6 Å². The number of nitrogens with one attached hydrogen (secondary N) is 3. The smallest absolute Gasteiger partial charge is 0.235 e. The lowest BCUT2D eigenvalue weighted by Crippen LogP contribution is -2.53. The summed E-state index contributed by atoms with van der Waals surface area (Å²) in [5.41, 5.74) is 5.94. The lowest BCUT2D eigenvalue weighted by molar-refractivity contribution is -0.134. The number of pyridine rings is 1. The Hall–Kier alpha value is -5.09. The van der Waals surface area contributed by atoms with Gasteiger partial charge in [0.05, 0.1) is 45.4 Å². The maximum atomic E-state index is 15.0. The Morgan fingerprint density at radius 1 is 0.935 bits per heavy atom. The van der Waals surface area contributed by atoms with E-state index in [2.05, 4.69) is 85.6 Å². The molecule has 3 fully saturated rings. The summed E-state index contributed by atoms with van der Waals surface area (Å²) in [5.74, 6) is -0.458. The molecule has 1 atom stereocenters. The predicted octanol–water partition coefficient (Wildman–Crippen LogP) is 6.37. The first-order valence-electron chi connectivity index (χ1n) is 21.1. The molecule has 0 spiro atoms. The SMILES string of the molecule is CCc1cc(Nc2ncc(Br)c(Nc3ccc4nccnc4c3P(C)(C)=O)n2)c(OC)cc1N1CCC(N2CCN(CCc3cnc(C4CCC(=O)NC4=O)c(F)c3)CC2)CC1. The molecule has 3 aliphatic rings. The molecule has 3 N–H and O–H groups in total. The van der Waals surface area contributed by atoms with E-state index in [1.807, 2.05) is 12.1 Å². The van der Waals surface area contributed by atoms with Crippen LogP contribution in [0.4, 0.5) is 33.2 Å². The number of ether oxygens (including phenoxy) is 1. The van der Waals surface area contributed by atoms with E-state index in [9.17, 15) is 14.2 Å². The minimum Gasteiger partial charge on any atom is -0.494 e. The molecule has 2 amide bonds. The number of hydrogen-bond acceptors (Lipinski definition) is 14. The fourth-order valence-corrected chi connectivity index (χ4v) is 10.5. The molecule has 3 aromatic heterocycles. The standard InChI is InChI=1S/C44H52BrFN11O4P/c1-5-28-23-35(52-44-50-26-31(45)42(54-44)51-34-8-7-33-40(48-14-13-47-33)41(34)62(3,4)60)37(61-2)24-36(28)57-16-11-29(12-17-57)56-20-18-55(19-21-56)15-10-27-22-32(46)39(49-25-27)30-6-9-38(58)53-43(30)59/h7-8,13-14,22-26,29-30H,5-6,9-12,15-21H2,1-4H3,(H,53,58,59)(H2,50,51,52,54). The average Bonchev–Trinajstić information content (AvgIpc) is 3.26. The van der Waals surface area contributed by atoms with Crippen LogP contribution in [-0.2, 0) is 27.0 Å². The summed E-state index contributed by atoms with van der Waals surface area (Å²) in [6, 6.07) is 9.95. The summed E-state index contributed by atoms with van der Waals surface area (Å²) in [6.45, 7) is 12.2. The van der Waals surface area contributed by atoms with Crippen LogP contribution < -0.4 is 30.9 Å². The van der Waals surface area contributed by atoms with Crippen LogP contribution in [0.3, 0.4) is 0 Å². The first kappa shape index (κ1) is 43.6. The Balaban J connectivity index is 0.864. The summed E-state index contributed by atoms with van der Waals surface area (Å²) in [5, 5.41) is 9.66. The number of aromatic nitrogens is 5. The number of benzene rings is 2. The molecule has 62 heavy (non-hydrogen) atoms. The van der Waals surface area contributed by atoms with Crippen molar-refractivity contribution in [3.8, 4) is 5.75 Å². The normalized spacial score (nSPS) is 18.2. The minimum absolute atomic E-state index is 0.116. The molecule has 2 aromatic carbocycles. The first-order valence-corrected chi connectivity index (χ1v) is 24.5. The maximum Gasteiger partial charge on any atom is 0.235 e. The van der Waals surface area contributed by atoms with Crippen LogP contribution in [0.25, 0.3) is 11.0 Å². The second kappa shape index (κ2) is 18.7. The van der Waals surface area contributed by atoms with Crippen LogP contribution in [0.1, 0.15) is 55.3 Å². The number of amides is 2. The zero-order chi connectivity index (χ0) is 43.5. The number of anilines is 5. The van der Waals surface area contributed by atoms with Gasteiger partial charge in [-0.15, -0.1) is 0 Å². The van der Waals surface area contributed by atoms with E-state index < -0.39 is 24.8 Å². The predicted molar refractivity (Wildman–Crippen MR) is 244 cm³/mol. The molecule has 0 bridgehead atoms.